The molecule has 2 rings (SSSR count). The molecule has 0 saturated heterocycles. The summed E-state index contributed by atoms with van der Waals surface area (Å²) in [6.07, 6.45) is 1.65. The average molecular weight is 360 g/mol. The molecule has 0 aliphatic carbocycles. The van der Waals surface area contributed by atoms with Gasteiger partial charge >= 0.3 is 0 Å². The highest BCUT2D eigenvalue weighted by Crippen LogP contribution is 2.26. The molecule has 0 saturated carbocycles. The van der Waals surface area contributed by atoms with Gasteiger partial charge in [-0.2, -0.15) is 0 Å². The molecule has 17 heavy (non-hydrogen) atoms. The van der Waals surface area contributed by atoms with E-state index in [2.05, 4.69) is 55.3 Å². The number of nitrogens with one attached hydrogen (secondary N) is 1. The Bertz CT molecular complexity index is 485. The van der Waals surface area contributed by atoms with Gasteiger partial charge in [0.25, 0.3) is 0 Å². The van der Waals surface area contributed by atoms with Crippen LogP contribution in [0.1, 0.15) is 24.3 Å². The van der Waals surface area contributed by atoms with Gasteiger partial charge in [-0.3, -0.25) is 0 Å². The zero-order valence-electron chi connectivity index (χ0n) is 9.28. The number of hydrogen-bond donors (Lipinski definition) is 1. The molecule has 90 valence electrons. The third-order valence-corrected chi connectivity index (χ3v) is 3.68. The maximum Gasteiger partial charge on any atom is 0.150 e. The van der Waals surface area contributed by atoms with Crippen molar-refractivity contribution in [1.29, 1.82) is 0 Å². The molecule has 0 fully saturated rings. The lowest BCUT2D eigenvalue weighted by atomic mass is 10.1. The van der Waals surface area contributed by atoms with Crippen molar-refractivity contribution < 1.29 is 4.52 Å². The summed E-state index contributed by atoms with van der Waals surface area (Å²) in [5.74, 6) is 0.838. The van der Waals surface area contributed by atoms with Crippen molar-refractivity contribution in [3.05, 3.63) is 50.7 Å². The summed E-state index contributed by atoms with van der Waals surface area (Å²) in [4.78, 5) is 0. The third kappa shape index (κ3) is 3.40. The molecule has 0 aliphatic rings. The van der Waals surface area contributed by atoms with E-state index in [-0.39, 0.29) is 6.04 Å². The van der Waals surface area contributed by atoms with E-state index >= 15 is 0 Å². The zero-order chi connectivity index (χ0) is 12.3. The number of halogens is 2. The molecule has 0 aliphatic heterocycles. The van der Waals surface area contributed by atoms with Crippen LogP contribution in [0, 0.1) is 0 Å². The Balaban J connectivity index is 2.01. The van der Waals surface area contributed by atoms with Gasteiger partial charge < -0.3 is 9.84 Å². The first-order valence-electron chi connectivity index (χ1n) is 5.24. The summed E-state index contributed by atoms with van der Waals surface area (Å²) in [5, 5.41) is 7.05. The summed E-state index contributed by atoms with van der Waals surface area (Å²) in [6, 6.07) is 8.26. The second kappa shape index (κ2) is 5.80. The fourth-order valence-electron chi connectivity index (χ4n) is 1.55. The number of rotatable bonds is 4. The van der Waals surface area contributed by atoms with Crippen LogP contribution in [0.25, 0.3) is 0 Å². The fraction of sp³-hybridized carbons (Fsp3) is 0.250. The maximum atomic E-state index is 5.04. The van der Waals surface area contributed by atoms with E-state index in [1.165, 1.54) is 5.56 Å². The number of nitrogens with zero attached hydrogens (tertiary/aromatic N) is 1. The van der Waals surface area contributed by atoms with Crippen LogP contribution in [0.2, 0.25) is 0 Å². The van der Waals surface area contributed by atoms with Crippen LogP contribution in [0.3, 0.4) is 0 Å². The van der Waals surface area contributed by atoms with E-state index in [1.54, 1.807) is 6.20 Å². The lowest BCUT2D eigenvalue weighted by Gasteiger charge is -2.15. The molecular weight excluding hydrogens is 348 g/mol. The molecule has 1 aromatic heterocycles. The lowest BCUT2D eigenvalue weighted by Crippen LogP contribution is -2.18. The standard InChI is InChI=1S/C12H12Br2N2O/c1-8(15-7-10-4-5-16-17-10)11-3-2-9(13)6-12(11)14/h2-6,8,15H,7H2,1H3. The van der Waals surface area contributed by atoms with Crippen LogP contribution >= 0.6 is 31.9 Å². The zero-order valence-corrected chi connectivity index (χ0v) is 12.5. The van der Waals surface area contributed by atoms with Crippen molar-refractivity contribution in [2.24, 2.45) is 0 Å². The smallest absolute Gasteiger partial charge is 0.150 e. The van der Waals surface area contributed by atoms with Gasteiger partial charge in [0.15, 0.2) is 0 Å². The first-order chi connectivity index (χ1) is 8.16. The Morgan fingerprint density at radius 1 is 1.35 bits per heavy atom. The third-order valence-electron chi connectivity index (χ3n) is 2.50. The predicted octanol–water partition coefficient (Wildman–Crippen LogP) is 4.05. The molecule has 1 N–H and O–H groups in total. The van der Waals surface area contributed by atoms with Gasteiger partial charge in [-0.15, -0.1) is 0 Å². The topological polar surface area (TPSA) is 38.1 Å². The molecular formula is C12H12Br2N2O. The normalized spacial score (nSPS) is 12.6. The predicted molar refractivity (Wildman–Crippen MR) is 73.6 cm³/mol. The van der Waals surface area contributed by atoms with Crippen molar-refractivity contribution in [2.45, 2.75) is 19.5 Å². The van der Waals surface area contributed by atoms with Crippen LogP contribution in [0.15, 0.2) is 43.9 Å². The van der Waals surface area contributed by atoms with Crippen LogP contribution in [0.5, 0.6) is 0 Å². The number of benzene rings is 1. The highest BCUT2D eigenvalue weighted by Gasteiger charge is 2.09. The number of hydrogen-bond acceptors (Lipinski definition) is 3. The van der Waals surface area contributed by atoms with E-state index in [0.29, 0.717) is 6.54 Å². The molecule has 5 heteroatoms. The van der Waals surface area contributed by atoms with Crippen molar-refractivity contribution >= 4 is 31.9 Å². The van der Waals surface area contributed by atoms with Crippen molar-refractivity contribution in [3.8, 4) is 0 Å². The largest absolute Gasteiger partial charge is 0.360 e. The van der Waals surface area contributed by atoms with Crippen LogP contribution < -0.4 is 5.32 Å². The SMILES string of the molecule is CC(NCc1ccno1)c1ccc(Br)cc1Br. The number of aromatic nitrogens is 1. The van der Waals surface area contributed by atoms with E-state index in [0.717, 1.165) is 14.7 Å². The molecule has 3 nitrogen and oxygen atoms in total. The Morgan fingerprint density at radius 3 is 2.82 bits per heavy atom. The Hall–Kier alpha value is -0.650. The second-order valence-electron chi connectivity index (χ2n) is 3.75. The van der Waals surface area contributed by atoms with Crippen LogP contribution in [-0.2, 0) is 6.54 Å². The molecule has 1 aromatic carbocycles. The fourth-order valence-corrected chi connectivity index (χ4v) is 2.94. The average Bonchev–Trinajstić information content (AvgIpc) is 2.78. The molecule has 1 unspecified atom stereocenters. The molecule has 0 bridgehead atoms. The van der Waals surface area contributed by atoms with Gasteiger partial charge in [0, 0.05) is 21.1 Å². The second-order valence-corrected chi connectivity index (χ2v) is 5.52. The molecule has 1 heterocycles. The van der Waals surface area contributed by atoms with E-state index in [9.17, 15) is 0 Å². The first-order valence-corrected chi connectivity index (χ1v) is 6.83. The molecule has 0 radical (unpaired) electrons. The first kappa shape index (κ1) is 12.8. The van der Waals surface area contributed by atoms with Gasteiger partial charge in [0.05, 0.1) is 12.7 Å². The summed E-state index contributed by atoms with van der Waals surface area (Å²) >= 11 is 7.00. The summed E-state index contributed by atoms with van der Waals surface area (Å²) in [6.45, 7) is 2.79. The van der Waals surface area contributed by atoms with Gasteiger partial charge in [0.2, 0.25) is 0 Å². The van der Waals surface area contributed by atoms with Crippen molar-refractivity contribution in [1.82, 2.24) is 10.5 Å². The van der Waals surface area contributed by atoms with Gasteiger partial charge in [-0.05, 0) is 24.6 Å². The summed E-state index contributed by atoms with van der Waals surface area (Å²) in [5.41, 5.74) is 1.22. The minimum Gasteiger partial charge on any atom is -0.360 e. The molecule has 0 spiro atoms. The lowest BCUT2D eigenvalue weighted by molar-refractivity contribution is 0.366. The quantitative estimate of drug-likeness (QED) is 0.894. The van der Waals surface area contributed by atoms with Crippen molar-refractivity contribution in [3.63, 3.8) is 0 Å². The van der Waals surface area contributed by atoms with Crippen LogP contribution in [-0.4, -0.2) is 5.16 Å². The highest BCUT2D eigenvalue weighted by atomic mass is 79.9. The Labute approximate surface area is 117 Å². The van der Waals surface area contributed by atoms with E-state index < -0.39 is 0 Å². The molecule has 2 aromatic rings. The Kier molecular flexibility index (Phi) is 4.36. The van der Waals surface area contributed by atoms with Crippen molar-refractivity contribution in [2.75, 3.05) is 0 Å². The molecule has 0 amide bonds. The maximum absolute atomic E-state index is 5.04. The summed E-state index contributed by atoms with van der Waals surface area (Å²) in [7, 11) is 0. The highest BCUT2D eigenvalue weighted by molar-refractivity contribution is 9.11. The Morgan fingerprint density at radius 2 is 2.18 bits per heavy atom. The minimum atomic E-state index is 0.238. The minimum absolute atomic E-state index is 0.238. The van der Waals surface area contributed by atoms with E-state index in [1.807, 2.05) is 18.2 Å². The molecule has 1 atom stereocenters. The van der Waals surface area contributed by atoms with E-state index in [4.69, 9.17) is 4.52 Å². The van der Waals surface area contributed by atoms with Gasteiger partial charge in [-0.25, -0.2) is 0 Å². The van der Waals surface area contributed by atoms with Gasteiger partial charge in [-0.1, -0.05) is 43.1 Å². The summed E-state index contributed by atoms with van der Waals surface area (Å²) < 4.78 is 7.19. The van der Waals surface area contributed by atoms with Gasteiger partial charge in [0.1, 0.15) is 5.76 Å². The monoisotopic (exact) mass is 358 g/mol. The van der Waals surface area contributed by atoms with Crippen LogP contribution in [0.4, 0.5) is 0 Å².